The number of benzene rings is 2. The Morgan fingerprint density at radius 3 is 2.43 bits per heavy atom. The lowest BCUT2D eigenvalue weighted by Crippen LogP contribution is -2.24. The normalized spacial score (nSPS) is 12.5. The van der Waals surface area contributed by atoms with Crippen LogP contribution in [0.15, 0.2) is 34.8 Å². The lowest BCUT2D eigenvalue weighted by atomic mass is 9.96. The lowest BCUT2D eigenvalue weighted by molar-refractivity contribution is 0.519. The number of halogens is 4. The smallest absolute Gasteiger partial charge is 0.129 e. The van der Waals surface area contributed by atoms with E-state index in [2.05, 4.69) is 21.2 Å². The molecule has 21 heavy (non-hydrogen) atoms. The van der Waals surface area contributed by atoms with Crippen molar-refractivity contribution < 1.29 is 13.2 Å². The van der Waals surface area contributed by atoms with E-state index in [9.17, 15) is 13.2 Å². The second kappa shape index (κ2) is 6.62. The predicted octanol–water partition coefficient (Wildman–Crippen LogP) is 4.87. The van der Waals surface area contributed by atoms with Crippen LogP contribution in [0.2, 0.25) is 0 Å². The monoisotopic (exact) mass is 357 g/mol. The van der Waals surface area contributed by atoms with Crippen LogP contribution in [0.1, 0.15) is 29.7 Å². The zero-order valence-corrected chi connectivity index (χ0v) is 13.3. The van der Waals surface area contributed by atoms with Gasteiger partial charge in [0.2, 0.25) is 0 Å². The third-order valence-corrected chi connectivity index (χ3v) is 3.98. The van der Waals surface area contributed by atoms with Crippen LogP contribution in [0.25, 0.3) is 0 Å². The predicted molar refractivity (Wildman–Crippen MR) is 80.7 cm³/mol. The fourth-order valence-electron chi connectivity index (χ4n) is 2.24. The quantitative estimate of drug-likeness (QED) is 0.822. The fraction of sp³-hybridized carbons (Fsp3) is 0.250. The molecule has 1 unspecified atom stereocenters. The summed E-state index contributed by atoms with van der Waals surface area (Å²) in [5.41, 5.74) is 0.575. The van der Waals surface area contributed by atoms with E-state index >= 15 is 0 Å². The van der Waals surface area contributed by atoms with Gasteiger partial charge in [-0.1, -0.05) is 28.9 Å². The van der Waals surface area contributed by atoms with Gasteiger partial charge in [-0.3, -0.25) is 0 Å². The Bertz CT molecular complexity index is 638. The Labute approximate surface area is 130 Å². The molecule has 2 aromatic carbocycles. The first-order valence-electron chi connectivity index (χ1n) is 6.58. The van der Waals surface area contributed by atoms with Gasteiger partial charge < -0.3 is 5.32 Å². The Kier molecular flexibility index (Phi) is 5.06. The maximum absolute atomic E-state index is 14.2. The summed E-state index contributed by atoms with van der Waals surface area (Å²) in [5.74, 6) is -1.55. The van der Waals surface area contributed by atoms with Gasteiger partial charge in [-0.15, -0.1) is 0 Å². The first-order valence-corrected chi connectivity index (χ1v) is 7.37. The maximum atomic E-state index is 14.2. The summed E-state index contributed by atoms with van der Waals surface area (Å²) < 4.78 is 42.6. The van der Waals surface area contributed by atoms with E-state index in [-0.39, 0.29) is 16.7 Å². The Balaban J connectivity index is 2.62. The zero-order valence-electron chi connectivity index (χ0n) is 11.7. The summed E-state index contributed by atoms with van der Waals surface area (Å²) in [4.78, 5) is 0. The number of hydrogen-bond donors (Lipinski definition) is 1. The minimum atomic E-state index is -0.763. The van der Waals surface area contributed by atoms with Crippen molar-refractivity contribution in [2.75, 3.05) is 6.54 Å². The summed E-state index contributed by atoms with van der Waals surface area (Å²) >= 11 is 3.28. The maximum Gasteiger partial charge on any atom is 0.129 e. The molecule has 112 valence electrons. The highest BCUT2D eigenvalue weighted by molar-refractivity contribution is 9.10. The number of hydrogen-bond acceptors (Lipinski definition) is 1. The first kappa shape index (κ1) is 16.0. The van der Waals surface area contributed by atoms with Crippen molar-refractivity contribution in [3.63, 3.8) is 0 Å². The highest BCUT2D eigenvalue weighted by Gasteiger charge is 2.23. The number of aryl methyl sites for hydroxylation is 1. The van der Waals surface area contributed by atoms with E-state index in [1.165, 1.54) is 13.0 Å². The Morgan fingerprint density at radius 2 is 1.81 bits per heavy atom. The first-order chi connectivity index (χ1) is 9.95. The molecular formula is C16H15BrF3N. The van der Waals surface area contributed by atoms with Gasteiger partial charge in [0.1, 0.15) is 17.5 Å². The zero-order chi connectivity index (χ0) is 15.6. The minimum Gasteiger partial charge on any atom is -0.306 e. The number of nitrogens with one attached hydrogen (secondary N) is 1. The van der Waals surface area contributed by atoms with Gasteiger partial charge in [-0.25, -0.2) is 13.2 Å². The average Bonchev–Trinajstić information content (AvgIpc) is 2.42. The van der Waals surface area contributed by atoms with Gasteiger partial charge in [-0.2, -0.15) is 0 Å². The van der Waals surface area contributed by atoms with Crippen LogP contribution in [0.4, 0.5) is 13.2 Å². The van der Waals surface area contributed by atoms with Crippen molar-refractivity contribution in [2.24, 2.45) is 0 Å². The minimum absolute atomic E-state index is 0.0887. The van der Waals surface area contributed by atoms with E-state index < -0.39 is 23.5 Å². The van der Waals surface area contributed by atoms with Crippen LogP contribution >= 0.6 is 15.9 Å². The molecule has 0 aromatic heterocycles. The lowest BCUT2D eigenvalue weighted by Gasteiger charge is -2.22. The Hall–Kier alpha value is -1.33. The van der Waals surface area contributed by atoms with E-state index in [1.54, 1.807) is 12.1 Å². The summed E-state index contributed by atoms with van der Waals surface area (Å²) in [5, 5.41) is 3.01. The molecule has 0 aliphatic rings. The molecule has 0 heterocycles. The summed E-state index contributed by atoms with van der Waals surface area (Å²) in [6, 6.07) is 6.01. The highest BCUT2D eigenvalue weighted by atomic mass is 79.9. The number of rotatable bonds is 4. The molecule has 0 amide bonds. The molecule has 2 aromatic rings. The molecular weight excluding hydrogens is 343 g/mol. The Morgan fingerprint density at radius 1 is 1.10 bits per heavy atom. The molecule has 5 heteroatoms. The van der Waals surface area contributed by atoms with Crippen LogP contribution in [-0.2, 0) is 0 Å². The molecule has 1 N–H and O–H groups in total. The molecule has 1 nitrogen and oxygen atoms in total. The van der Waals surface area contributed by atoms with Crippen molar-refractivity contribution >= 4 is 15.9 Å². The van der Waals surface area contributed by atoms with Crippen molar-refractivity contribution in [3.05, 3.63) is 68.9 Å². The second-order valence-electron chi connectivity index (χ2n) is 4.75. The second-order valence-corrected chi connectivity index (χ2v) is 5.60. The van der Waals surface area contributed by atoms with E-state index in [4.69, 9.17) is 0 Å². The fourth-order valence-corrected chi connectivity index (χ4v) is 2.81. The van der Waals surface area contributed by atoms with Gasteiger partial charge in [-0.05, 0) is 43.3 Å². The molecule has 0 radical (unpaired) electrons. The van der Waals surface area contributed by atoms with Crippen LogP contribution < -0.4 is 5.32 Å². The molecule has 0 fully saturated rings. The molecule has 0 saturated carbocycles. The van der Waals surface area contributed by atoms with Gasteiger partial charge >= 0.3 is 0 Å². The standard InChI is InChI=1S/C16H15BrF3N/c1-3-21-16(15-11(17)5-4-6-12(15)18)10-8-13(19)9(2)7-14(10)20/h4-8,16,21H,3H2,1-2H3. The third kappa shape index (κ3) is 3.30. The van der Waals surface area contributed by atoms with E-state index in [0.29, 0.717) is 11.0 Å². The van der Waals surface area contributed by atoms with Crippen molar-refractivity contribution in [3.8, 4) is 0 Å². The molecule has 0 bridgehead atoms. The third-order valence-electron chi connectivity index (χ3n) is 3.29. The van der Waals surface area contributed by atoms with Gasteiger partial charge in [0.05, 0.1) is 6.04 Å². The highest BCUT2D eigenvalue weighted by Crippen LogP contribution is 2.33. The topological polar surface area (TPSA) is 12.0 Å². The molecule has 0 aliphatic carbocycles. The van der Waals surface area contributed by atoms with Gasteiger partial charge in [0.25, 0.3) is 0 Å². The van der Waals surface area contributed by atoms with Crippen LogP contribution in [0.5, 0.6) is 0 Å². The van der Waals surface area contributed by atoms with Crippen LogP contribution in [0, 0.1) is 24.4 Å². The molecule has 1 atom stereocenters. The van der Waals surface area contributed by atoms with Gasteiger partial charge in [0, 0.05) is 15.6 Å². The van der Waals surface area contributed by atoms with E-state index in [0.717, 1.165) is 12.1 Å². The van der Waals surface area contributed by atoms with Crippen LogP contribution in [-0.4, -0.2) is 6.54 Å². The van der Waals surface area contributed by atoms with Gasteiger partial charge in [0.15, 0.2) is 0 Å². The molecule has 0 aliphatic heterocycles. The van der Waals surface area contributed by atoms with Crippen molar-refractivity contribution in [1.29, 1.82) is 0 Å². The molecule has 0 saturated heterocycles. The van der Waals surface area contributed by atoms with Crippen molar-refractivity contribution in [2.45, 2.75) is 19.9 Å². The van der Waals surface area contributed by atoms with Crippen molar-refractivity contribution in [1.82, 2.24) is 5.32 Å². The summed E-state index contributed by atoms with van der Waals surface area (Å²) in [6.45, 7) is 3.80. The van der Waals surface area contributed by atoms with Crippen LogP contribution in [0.3, 0.4) is 0 Å². The largest absolute Gasteiger partial charge is 0.306 e. The summed E-state index contributed by atoms with van der Waals surface area (Å²) in [6.07, 6.45) is 0. The molecule has 0 spiro atoms. The molecule has 2 rings (SSSR count). The van der Waals surface area contributed by atoms with E-state index in [1.807, 2.05) is 6.92 Å². The summed E-state index contributed by atoms with van der Waals surface area (Å²) in [7, 11) is 0. The average molecular weight is 358 g/mol. The SMILES string of the molecule is CCNC(c1cc(F)c(C)cc1F)c1c(F)cccc1Br.